The van der Waals surface area contributed by atoms with Crippen LogP contribution in [0.4, 0.5) is 0 Å². The van der Waals surface area contributed by atoms with Gasteiger partial charge in [0.2, 0.25) is 0 Å². The van der Waals surface area contributed by atoms with Crippen molar-refractivity contribution in [3.05, 3.63) is 0 Å². The number of carboxylic acid groups (broad SMARTS) is 7. The second-order valence-electron chi connectivity index (χ2n) is 5.91. The van der Waals surface area contributed by atoms with E-state index in [1.54, 1.807) is 0 Å². The van der Waals surface area contributed by atoms with Crippen molar-refractivity contribution >= 4 is 82.3 Å². The van der Waals surface area contributed by atoms with Crippen molar-refractivity contribution in [2.75, 3.05) is 0 Å². The minimum atomic E-state index is -1.63. The third-order valence-electron chi connectivity index (χ3n) is 2.01. The summed E-state index contributed by atoms with van der Waals surface area (Å²) in [6, 6.07) is 0. The summed E-state index contributed by atoms with van der Waals surface area (Å²) >= 11 is 0. The number of rotatable bonds is 7. The molecule has 0 spiro atoms. The Kier molecular flexibility index (Phi) is 54.5. The molecule has 0 heterocycles. The van der Waals surface area contributed by atoms with Crippen LogP contribution in [0.2, 0.25) is 0 Å². The fraction of sp³-hybridized carbons (Fsp3) is 0.333. The second kappa shape index (κ2) is 38.2. The number of aliphatic carboxylic acids is 7. The Morgan fingerprint density at radius 1 is 0.250 bits per heavy atom. The third kappa shape index (κ3) is 90.6. The Morgan fingerprint density at radius 2 is 0.273 bits per heavy atom. The molecular formula is C21H21O21OsRu. The molecule has 0 aliphatic heterocycles. The van der Waals surface area contributed by atoms with Crippen LogP contribution in [-0.4, -0.2) is 82.3 Å². The van der Waals surface area contributed by atoms with Crippen molar-refractivity contribution in [2.45, 2.75) is 48.5 Å². The summed E-state index contributed by atoms with van der Waals surface area (Å²) in [6.45, 7) is 6.58. The van der Waals surface area contributed by atoms with E-state index in [-0.39, 0.29) is 39.3 Å². The van der Waals surface area contributed by atoms with Crippen LogP contribution < -0.4 is 35.7 Å². The van der Waals surface area contributed by atoms with Crippen LogP contribution >= 0.6 is 0 Å². The predicted molar refractivity (Wildman–Crippen MR) is 110 cm³/mol. The molecule has 0 aliphatic rings. The standard InChI is InChI=1S/7C3H4O3.Os.Ru/c7*1-2(4)3(5)6;;/h7*1H3,(H,5,6);;/q;;;;;;;+4;+3/p-7. The molecule has 0 saturated heterocycles. The first-order valence-corrected chi connectivity index (χ1v) is 9.54. The van der Waals surface area contributed by atoms with Gasteiger partial charge >= 0.3 is 39.3 Å². The number of hydrogen-bond acceptors (Lipinski definition) is 21. The van der Waals surface area contributed by atoms with Crippen LogP contribution in [0.3, 0.4) is 0 Å². The average molecular weight is 901 g/mol. The van der Waals surface area contributed by atoms with E-state index < -0.39 is 82.3 Å². The number of carboxylic acids is 7. The molecule has 0 aromatic carbocycles. The summed E-state index contributed by atoms with van der Waals surface area (Å²) in [6.07, 6.45) is 0. The zero-order valence-corrected chi connectivity index (χ0v) is 27.6. The fourth-order valence-electron chi connectivity index (χ4n) is 0. The minimum absolute atomic E-state index is 0. The summed E-state index contributed by atoms with van der Waals surface area (Å²) < 4.78 is 0. The molecule has 21 nitrogen and oxygen atoms in total. The van der Waals surface area contributed by atoms with E-state index in [4.69, 9.17) is 0 Å². The molecule has 0 aromatic heterocycles. The number of hydrogen-bond donors (Lipinski definition) is 0. The van der Waals surface area contributed by atoms with Crippen molar-refractivity contribution in [3.8, 4) is 0 Å². The summed E-state index contributed by atoms with van der Waals surface area (Å²) in [7, 11) is 0. The zero-order chi connectivity index (χ0) is 36.1. The van der Waals surface area contributed by atoms with E-state index in [9.17, 15) is 103 Å². The van der Waals surface area contributed by atoms with Crippen LogP contribution in [0.15, 0.2) is 0 Å². The van der Waals surface area contributed by atoms with Gasteiger partial charge < -0.3 is 69.3 Å². The van der Waals surface area contributed by atoms with Gasteiger partial charge in [0.25, 0.3) is 0 Å². The van der Waals surface area contributed by atoms with Crippen LogP contribution in [-0.2, 0) is 106 Å². The van der Waals surface area contributed by atoms with Gasteiger partial charge in [0.1, 0.15) is 41.8 Å². The smallest absolute Gasteiger partial charge is 0.542 e. The molecule has 23 heteroatoms. The predicted octanol–water partition coefficient (Wildman–Crippen LogP) is -11.7. The van der Waals surface area contributed by atoms with Crippen molar-refractivity contribution in [1.29, 1.82) is 0 Å². The number of Topliss-reactive ketones (excluding diaryl/α,β-unsaturated/α-hetero) is 7. The second-order valence-corrected chi connectivity index (χ2v) is 5.91. The van der Waals surface area contributed by atoms with Crippen molar-refractivity contribution in [2.24, 2.45) is 0 Å². The van der Waals surface area contributed by atoms with Gasteiger partial charge in [-0.1, -0.05) is 0 Å². The maximum Gasteiger partial charge on any atom is 4.00 e. The van der Waals surface area contributed by atoms with Gasteiger partial charge in [-0.25, -0.2) is 0 Å². The normalized spacial score (nSPS) is 7.16. The molecule has 0 N–H and O–H groups in total. The zero-order valence-electron chi connectivity index (χ0n) is 23.3. The maximum absolute atomic E-state index is 9.48. The summed E-state index contributed by atoms with van der Waals surface area (Å²) in [5, 5.41) is 64.7. The van der Waals surface area contributed by atoms with E-state index in [1.165, 1.54) is 0 Å². The summed E-state index contributed by atoms with van der Waals surface area (Å²) in [5.74, 6) is -18.0. The molecule has 0 aliphatic carbocycles. The van der Waals surface area contributed by atoms with Gasteiger partial charge in [-0.05, 0) is 0 Å². The van der Waals surface area contributed by atoms with Gasteiger partial charge in [0, 0.05) is 48.5 Å². The molecule has 0 rings (SSSR count). The first-order chi connectivity index (χ1) is 18.5. The van der Waals surface area contributed by atoms with Gasteiger partial charge in [-0.2, -0.15) is 0 Å². The molecule has 44 heavy (non-hydrogen) atoms. The molecule has 0 saturated carbocycles. The Bertz CT molecular complexity index is 754. The Balaban J connectivity index is -0.0000000461. The molecule has 0 unspecified atom stereocenters. The van der Waals surface area contributed by atoms with Crippen LogP contribution in [0, 0.1) is 0 Å². The molecule has 0 fully saturated rings. The Hall–Kier alpha value is -4.76. The summed E-state index contributed by atoms with van der Waals surface area (Å²) in [5.41, 5.74) is 0. The van der Waals surface area contributed by atoms with E-state index in [0.29, 0.717) is 0 Å². The monoisotopic (exact) mass is 903 g/mol. The largest absolute Gasteiger partial charge is 4.00 e. The third-order valence-corrected chi connectivity index (χ3v) is 2.01. The first-order valence-electron chi connectivity index (χ1n) is 9.54. The molecule has 0 aromatic rings. The molecule has 0 atom stereocenters. The van der Waals surface area contributed by atoms with Crippen molar-refractivity contribution in [1.82, 2.24) is 0 Å². The Morgan fingerprint density at radius 3 is 0.273 bits per heavy atom. The van der Waals surface area contributed by atoms with Crippen LogP contribution in [0.1, 0.15) is 48.5 Å². The van der Waals surface area contributed by atoms with Gasteiger partial charge in [-0.3, -0.25) is 33.6 Å². The molecule has 1 radical (unpaired) electrons. The van der Waals surface area contributed by atoms with Gasteiger partial charge in [0.05, 0.1) is 0 Å². The topological polar surface area (TPSA) is 400 Å². The number of carbonyl (C=O) groups is 14. The minimum Gasteiger partial charge on any atom is -0.542 e. The number of ketones is 7. The fourth-order valence-corrected chi connectivity index (χ4v) is 0. The maximum atomic E-state index is 9.48. The van der Waals surface area contributed by atoms with Crippen LogP contribution in [0.5, 0.6) is 0 Å². The van der Waals surface area contributed by atoms with Crippen molar-refractivity contribution in [3.63, 3.8) is 0 Å². The first kappa shape index (κ1) is 62.7. The van der Waals surface area contributed by atoms with E-state index >= 15 is 0 Å². The van der Waals surface area contributed by atoms with Gasteiger partial charge in [0.15, 0.2) is 40.5 Å². The average Bonchev–Trinajstić information content (AvgIpc) is 2.80. The van der Waals surface area contributed by atoms with Crippen LogP contribution in [0.25, 0.3) is 0 Å². The van der Waals surface area contributed by atoms with Gasteiger partial charge in [-0.15, -0.1) is 0 Å². The Labute approximate surface area is 272 Å². The SMILES string of the molecule is CC(=O)C(=O)[O-].CC(=O)C(=O)[O-].CC(=O)C(=O)[O-].CC(=O)C(=O)[O-].CC(=O)C(=O)[O-].CC(=O)C(=O)[O-].CC(=O)C(=O)[O-].[Os+4].[Ru+3]. The van der Waals surface area contributed by atoms with E-state index in [2.05, 4.69) is 0 Å². The quantitative estimate of drug-likeness (QED) is 0.169. The van der Waals surface area contributed by atoms with E-state index in [0.717, 1.165) is 48.5 Å². The molecule has 0 amide bonds. The molecule has 0 bridgehead atoms. The number of carbonyl (C=O) groups excluding carboxylic acids is 14. The van der Waals surface area contributed by atoms with E-state index in [1.807, 2.05) is 0 Å². The molecule has 247 valence electrons. The summed E-state index contributed by atoms with van der Waals surface area (Å²) in [4.78, 5) is 131. The van der Waals surface area contributed by atoms with Crippen molar-refractivity contribution < 1.29 is 142 Å². The molecular weight excluding hydrogens is 880 g/mol.